The number of benzene rings is 3. The Kier molecular flexibility index (Phi) is 12.7. The van der Waals surface area contributed by atoms with Gasteiger partial charge in [0.25, 0.3) is 0 Å². The van der Waals surface area contributed by atoms with Crippen LogP contribution in [0.15, 0.2) is 60.7 Å². The molecule has 0 aliphatic carbocycles. The predicted molar refractivity (Wildman–Crippen MR) is 163 cm³/mol. The average Bonchev–Trinajstić information content (AvgIpc) is 2.89. The molecule has 0 unspecified atom stereocenters. The van der Waals surface area contributed by atoms with E-state index in [0.717, 1.165) is 76.4 Å². The molecule has 3 aromatic carbocycles. The molecule has 1 N–H and O–H groups in total. The maximum atomic E-state index is 11.2. The van der Waals surface area contributed by atoms with Gasteiger partial charge in [-0.05, 0) is 0 Å². The van der Waals surface area contributed by atoms with E-state index < -0.39 is 10.1 Å². The monoisotopic (exact) mass is 548 g/mol. The minimum atomic E-state index is -4.02. The molecule has 0 saturated heterocycles. The summed E-state index contributed by atoms with van der Waals surface area (Å²) in [6.45, 7) is 12.6. The molecule has 6 nitrogen and oxygen atoms in total. The Balaban J connectivity index is 0.00000507. The van der Waals surface area contributed by atoms with Crippen LogP contribution in [0.3, 0.4) is 0 Å². The second-order valence-corrected chi connectivity index (χ2v) is 11.7. The second kappa shape index (κ2) is 14.9. The van der Waals surface area contributed by atoms with Crippen LogP contribution in [0, 0.1) is 0 Å². The molecule has 3 aromatic rings. The van der Waals surface area contributed by atoms with Crippen molar-refractivity contribution >= 4 is 52.2 Å². The van der Waals surface area contributed by atoms with Crippen molar-refractivity contribution in [3.63, 3.8) is 0 Å². The van der Waals surface area contributed by atoms with Gasteiger partial charge >= 0.3 is 241 Å². The van der Waals surface area contributed by atoms with E-state index in [0.29, 0.717) is 5.75 Å². The van der Waals surface area contributed by atoms with E-state index in [1.54, 1.807) is 0 Å². The van der Waals surface area contributed by atoms with Crippen molar-refractivity contribution in [2.75, 3.05) is 48.3 Å². The zero-order valence-corrected chi connectivity index (χ0v) is 25.5. The summed E-state index contributed by atoms with van der Waals surface area (Å²) in [5.74, 6) is 0.396. The van der Waals surface area contributed by atoms with Crippen molar-refractivity contribution in [2.24, 2.45) is 0 Å². The van der Waals surface area contributed by atoms with Crippen LogP contribution in [-0.4, -0.2) is 79.4 Å². The molecule has 3 rings (SSSR count). The molecule has 0 spiro atoms. The third-order valence-electron chi connectivity index (χ3n) is 6.75. The maximum absolute atomic E-state index is 11.2. The van der Waals surface area contributed by atoms with Crippen molar-refractivity contribution in [1.29, 1.82) is 0 Å². The van der Waals surface area contributed by atoms with Gasteiger partial charge in [-0.15, -0.1) is 0 Å². The molecule has 38 heavy (non-hydrogen) atoms. The number of ether oxygens (including phenoxy) is 1. The fraction of sp³-hybridized carbons (Fsp3) is 0.400. The normalized spacial score (nSPS) is 11.1. The molecule has 0 aliphatic heterocycles. The van der Waals surface area contributed by atoms with Gasteiger partial charge in [0.1, 0.15) is 0 Å². The molecule has 0 aromatic heterocycles. The van der Waals surface area contributed by atoms with Crippen LogP contribution in [0.1, 0.15) is 41.5 Å². The first-order valence-electron chi connectivity index (χ1n) is 13.1. The van der Waals surface area contributed by atoms with Gasteiger partial charge in [0.05, 0.1) is 0 Å². The Labute approximate surface area is 247 Å². The van der Waals surface area contributed by atoms with Gasteiger partial charge in [0, 0.05) is 0 Å². The first-order chi connectivity index (χ1) is 17.7. The van der Waals surface area contributed by atoms with Crippen molar-refractivity contribution in [3.8, 4) is 28.0 Å². The van der Waals surface area contributed by atoms with Crippen LogP contribution in [-0.2, 0) is 10.1 Å². The number of rotatable bonds is 13. The van der Waals surface area contributed by atoms with Gasteiger partial charge in [-0.1, -0.05) is 7.43 Å². The van der Waals surface area contributed by atoms with Gasteiger partial charge in [-0.25, -0.2) is 0 Å². The van der Waals surface area contributed by atoms with Gasteiger partial charge < -0.3 is 0 Å². The fourth-order valence-electron chi connectivity index (χ4n) is 4.75. The fourth-order valence-corrected chi connectivity index (χ4v) is 5.93. The van der Waals surface area contributed by atoms with Crippen molar-refractivity contribution in [2.45, 2.75) is 41.5 Å². The number of hydrogen-bond acceptors (Lipinski definition) is 5. The number of hydrogen-bond donors (Lipinski definition) is 1. The second-order valence-electron chi connectivity index (χ2n) is 9.06. The first kappa shape index (κ1) is 32.2. The minimum absolute atomic E-state index is 0. The average molecular weight is 549 g/mol. The molecule has 0 fully saturated rings. The standard InChI is InChI=1S/C29H37N2O4S.CH4.Na/c1-5-30(6-2)25-17-13-23(14-18-25)27-11-9-12-28(35-21-10-22-36(32,33)34)29(27)24-15-19-26(20-16-24)31(7-3)8-4;;/h9,12-20H,5-8,10,21-22H2,1-4H3,(H,32,33,34);1H4;. The van der Waals surface area contributed by atoms with Crippen LogP contribution >= 0.6 is 0 Å². The van der Waals surface area contributed by atoms with Crippen molar-refractivity contribution in [1.82, 2.24) is 0 Å². The summed E-state index contributed by atoms with van der Waals surface area (Å²) >= 11 is 0.863. The Morgan fingerprint density at radius 2 is 1.18 bits per heavy atom. The molecule has 0 bridgehead atoms. The van der Waals surface area contributed by atoms with Crippen molar-refractivity contribution < 1.29 is 17.7 Å². The molecule has 0 aliphatic rings. The number of anilines is 2. The molecular weight excluding hydrogens is 507 g/mol. The third-order valence-corrected chi connectivity index (χ3v) is 8.39. The third kappa shape index (κ3) is 8.23. The zero-order valence-electron chi connectivity index (χ0n) is 22.7. The quantitative estimate of drug-likeness (QED) is 0.165. The Morgan fingerprint density at radius 3 is 1.61 bits per heavy atom. The first-order valence-corrected chi connectivity index (χ1v) is 15.8. The van der Waals surface area contributed by atoms with E-state index in [2.05, 4.69) is 92.1 Å². The number of nitrogens with zero attached hydrogens (tertiary/aromatic N) is 2. The zero-order chi connectivity index (χ0) is 27.0. The summed E-state index contributed by atoms with van der Waals surface area (Å²) < 4.78 is 38.8. The van der Waals surface area contributed by atoms with Gasteiger partial charge in [-0.2, -0.15) is 0 Å². The van der Waals surface area contributed by atoms with E-state index in [1.165, 1.54) is 14.2 Å². The Bertz CT molecular complexity index is 1250. The SMILES string of the molecule is C.CCN(CC)c1ccc(-c2[c]([Na])ccc(OCCCS(=O)(=O)O)c2-c2ccc(N(CC)CC)cc2)cc1. The predicted octanol–water partition coefficient (Wildman–Crippen LogP) is 5.80. The van der Waals surface area contributed by atoms with Gasteiger partial charge in [0.2, 0.25) is 0 Å². The Hall–Kier alpha value is -2.03. The van der Waals surface area contributed by atoms with Crippen LogP contribution in [0.25, 0.3) is 22.3 Å². The van der Waals surface area contributed by atoms with Crippen LogP contribution in [0.5, 0.6) is 5.75 Å². The molecule has 0 amide bonds. The van der Waals surface area contributed by atoms with Gasteiger partial charge in [0.15, 0.2) is 0 Å². The van der Waals surface area contributed by atoms with E-state index in [1.807, 2.05) is 6.07 Å². The van der Waals surface area contributed by atoms with E-state index in [-0.39, 0.29) is 26.2 Å². The summed E-state index contributed by atoms with van der Waals surface area (Å²) in [6, 6.07) is 21.4. The molecule has 202 valence electrons. The van der Waals surface area contributed by atoms with Crippen LogP contribution in [0.4, 0.5) is 11.4 Å². The van der Waals surface area contributed by atoms with E-state index in [9.17, 15) is 8.42 Å². The molecule has 8 heteroatoms. The topological polar surface area (TPSA) is 70.1 Å². The summed E-state index contributed by atoms with van der Waals surface area (Å²) in [6.07, 6.45) is 0.218. The summed E-state index contributed by atoms with van der Waals surface area (Å²) in [5.41, 5.74) is 6.73. The van der Waals surface area contributed by atoms with E-state index in [4.69, 9.17) is 9.29 Å². The molecule has 0 saturated carbocycles. The molecule has 0 radical (unpaired) electrons. The molecule has 0 atom stereocenters. The van der Waals surface area contributed by atoms with Crippen molar-refractivity contribution in [3.05, 3.63) is 60.7 Å². The summed E-state index contributed by atoms with van der Waals surface area (Å²) in [7, 11) is -4.02. The van der Waals surface area contributed by atoms with E-state index >= 15 is 0 Å². The molecule has 0 heterocycles. The summed E-state index contributed by atoms with van der Waals surface area (Å²) in [4.78, 5) is 4.64. The Morgan fingerprint density at radius 1 is 0.737 bits per heavy atom. The summed E-state index contributed by atoms with van der Waals surface area (Å²) in [5, 5.41) is 0. The van der Waals surface area contributed by atoms with Crippen LogP contribution < -0.4 is 17.3 Å². The molecular formula is C30H41N2NaO4S. The van der Waals surface area contributed by atoms with Crippen LogP contribution in [0.2, 0.25) is 0 Å². The van der Waals surface area contributed by atoms with Gasteiger partial charge in [-0.3, -0.25) is 0 Å².